The van der Waals surface area contributed by atoms with Crippen molar-refractivity contribution >= 4 is 11.3 Å². The van der Waals surface area contributed by atoms with Crippen molar-refractivity contribution in [1.82, 2.24) is 0 Å². The molecule has 0 spiro atoms. The summed E-state index contributed by atoms with van der Waals surface area (Å²) in [6, 6.07) is 10.5. The SMILES string of the molecule is COc1ccsc1-c1cccc(C)c1. The van der Waals surface area contributed by atoms with Gasteiger partial charge in [-0.15, -0.1) is 11.3 Å². The van der Waals surface area contributed by atoms with E-state index in [-0.39, 0.29) is 0 Å². The van der Waals surface area contributed by atoms with Crippen LogP contribution in [0.3, 0.4) is 0 Å². The van der Waals surface area contributed by atoms with Crippen LogP contribution in [0.2, 0.25) is 0 Å². The van der Waals surface area contributed by atoms with Crippen molar-refractivity contribution in [2.75, 3.05) is 7.11 Å². The topological polar surface area (TPSA) is 9.23 Å². The minimum atomic E-state index is 0.959. The molecule has 1 nitrogen and oxygen atoms in total. The van der Waals surface area contributed by atoms with E-state index in [2.05, 4.69) is 36.6 Å². The molecular weight excluding hydrogens is 192 g/mol. The number of rotatable bonds is 2. The zero-order valence-corrected chi connectivity index (χ0v) is 9.10. The van der Waals surface area contributed by atoms with E-state index in [4.69, 9.17) is 4.74 Å². The molecule has 0 bridgehead atoms. The fourth-order valence-electron chi connectivity index (χ4n) is 1.45. The van der Waals surface area contributed by atoms with Crippen LogP contribution >= 0.6 is 11.3 Å². The minimum absolute atomic E-state index is 0.959. The second kappa shape index (κ2) is 3.84. The summed E-state index contributed by atoms with van der Waals surface area (Å²) in [5.74, 6) is 0.959. The monoisotopic (exact) mass is 204 g/mol. The number of methoxy groups -OCH3 is 1. The van der Waals surface area contributed by atoms with Crippen LogP contribution in [0.15, 0.2) is 35.7 Å². The number of aryl methyl sites for hydroxylation is 1. The summed E-state index contributed by atoms with van der Waals surface area (Å²) in [6.07, 6.45) is 0. The first kappa shape index (κ1) is 9.28. The van der Waals surface area contributed by atoms with Crippen molar-refractivity contribution in [2.45, 2.75) is 6.92 Å². The Morgan fingerprint density at radius 1 is 1.21 bits per heavy atom. The zero-order valence-electron chi connectivity index (χ0n) is 8.28. The molecule has 0 aliphatic rings. The number of hydrogen-bond acceptors (Lipinski definition) is 2. The molecule has 0 aliphatic carbocycles. The first-order valence-electron chi connectivity index (χ1n) is 4.50. The maximum Gasteiger partial charge on any atom is 0.137 e. The standard InChI is InChI=1S/C12H12OS/c1-9-4-3-5-10(8-9)12-11(13-2)6-7-14-12/h3-8H,1-2H3. The van der Waals surface area contributed by atoms with Gasteiger partial charge < -0.3 is 4.74 Å². The Morgan fingerprint density at radius 3 is 2.79 bits per heavy atom. The molecular formula is C12H12OS. The van der Waals surface area contributed by atoms with Gasteiger partial charge in [-0.3, -0.25) is 0 Å². The van der Waals surface area contributed by atoms with Crippen molar-refractivity contribution < 1.29 is 4.74 Å². The molecule has 0 amide bonds. The van der Waals surface area contributed by atoms with Gasteiger partial charge in [0, 0.05) is 0 Å². The highest BCUT2D eigenvalue weighted by molar-refractivity contribution is 7.14. The second-order valence-electron chi connectivity index (χ2n) is 3.19. The predicted octanol–water partition coefficient (Wildman–Crippen LogP) is 3.73. The van der Waals surface area contributed by atoms with Gasteiger partial charge in [0.05, 0.1) is 12.0 Å². The number of thiophene rings is 1. The largest absolute Gasteiger partial charge is 0.495 e. The Balaban J connectivity index is 2.49. The van der Waals surface area contributed by atoms with Gasteiger partial charge in [-0.05, 0) is 23.9 Å². The van der Waals surface area contributed by atoms with Crippen molar-refractivity contribution in [3.05, 3.63) is 41.3 Å². The molecule has 0 aliphatic heterocycles. The molecule has 1 aromatic heterocycles. The van der Waals surface area contributed by atoms with Gasteiger partial charge in [0.2, 0.25) is 0 Å². The maximum absolute atomic E-state index is 5.29. The molecule has 0 radical (unpaired) electrons. The van der Waals surface area contributed by atoms with Gasteiger partial charge >= 0.3 is 0 Å². The lowest BCUT2D eigenvalue weighted by atomic mass is 10.1. The lowest BCUT2D eigenvalue weighted by Gasteiger charge is -2.03. The van der Waals surface area contributed by atoms with Gasteiger partial charge in [0.25, 0.3) is 0 Å². The Kier molecular flexibility index (Phi) is 2.55. The van der Waals surface area contributed by atoms with Crippen molar-refractivity contribution in [3.8, 4) is 16.2 Å². The van der Waals surface area contributed by atoms with E-state index >= 15 is 0 Å². The molecule has 2 rings (SSSR count). The molecule has 0 saturated carbocycles. The van der Waals surface area contributed by atoms with Crippen LogP contribution in [0.4, 0.5) is 0 Å². The maximum atomic E-state index is 5.29. The first-order chi connectivity index (χ1) is 6.81. The quantitative estimate of drug-likeness (QED) is 0.724. The summed E-state index contributed by atoms with van der Waals surface area (Å²) in [5.41, 5.74) is 2.51. The third-order valence-electron chi connectivity index (χ3n) is 2.13. The van der Waals surface area contributed by atoms with Crippen LogP contribution in [0.5, 0.6) is 5.75 Å². The highest BCUT2D eigenvalue weighted by atomic mass is 32.1. The second-order valence-corrected chi connectivity index (χ2v) is 4.10. The van der Waals surface area contributed by atoms with Crippen LogP contribution in [0, 0.1) is 6.92 Å². The minimum Gasteiger partial charge on any atom is -0.495 e. The van der Waals surface area contributed by atoms with Crippen LogP contribution in [0.25, 0.3) is 10.4 Å². The average molecular weight is 204 g/mol. The van der Waals surface area contributed by atoms with Crippen LogP contribution < -0.4 is 4.74 Å². The average Bonchev–Trinajstić information content (AvgIpc) is 2.65. The van der Waals surface area contributed by atoms with Crippen LogP contribution in [0.1, 0.15) is 5.56 Å². The molecule has 1 heterocycles. The van der Waals surface area contributed by atoms with Crippen molar-refractivity contribution in [1.29, 1.82) is 0 Å². The summed E-state index contributed by atoms with van der Waals surface area (Å²) in [5, 5.41) is 2.05. The third kappa shape index (κ3) is 1.66. The van der Waals surface area contributed by atoms with E-state index in [1.165, 1.54) is 16.0 Å². The third-order valence-corrected chi connectivity index (χ3v) is 3.07. The van der Waals surface area contributed by atoms with E-state index < -0.39 is 0 Å². The molecule has 0 saturated heterocycles. The van der Waals surface area contributed by atoms with Gasteiger partial charge in [-0.2, -0.15) is 0 Å². The van der Waals surface area contributed by atoms with E-state index in [1.807, 2.05) is 6.07 Å². The first-order valence-corrected chi connectivity index (χ1v) is 5.38. The molecule has 14 heavy (non-hydrogen) atoms. The summed E-state index contributed by atoms with van der Waals surface area (Å²) in [4.78, 5) is 1.20. The fourth-order valence-corrected chi connectivity index (χ4v) is 2.31. The lowest BCUT2D eigenvalue weighted by Crippen LogP contribution is -1.82. The molecule has 2 aromatic rings. The summed E-state index contributed by atoms with van der Waals surface area (Å²) < 4.78 is 5.29. The van der Waals surface area contributed by atoms with E-state index in [9.17, 15) is 0 Å². The summed E-state index contributed by atoms with van der Waals surface area (Å²) >= 11 is 1.71. The Labute approximate surface area is 88.0 Å². The summed E-state index contributed by atoms with van der Waals surface area (Å²) in [6.45, 7) is 2.10. The van der Waals surface area contributed by atoms with Crippen molar-refractivity contribution in [2.24, 2.45) is 0 Å². The van der Waals surface area contributed by atoms with E-state index in [0.29, 0.717) is 0 Å². The van der Waals surface area contributed by atoms with Gasteiger partial charge in [-0.25, -0.2) is 0 Å². The molecule has 0 N–H and O–H groups in total. The van der Waals surface area contributed by atoms with E-state index in [1.54, 1.807) is 18.4 Å². The van der Waals surface area contributed by atoms with Gasteiger partial charge in [0.1, 0.15) is 5.75 Å². The highest BCUT2D eigenvalue weighted by Crippen LogP contribution is 2.35. The van der Waals surface area contributed by atoms with Gasteiger partial charge in [-0.1, -0.05) is 29.8 Å². The van der Waals surface area contributed by atoms with E-state index in [0.717, 1.165) is 5.75 Å². The summed E-state index contributed by atoms with van der Waals surface area (Å²) in [7, 11) is 1.71. The zero-order chi connectivity index (χ0) is 9.97. The Morgan fingerprint density at radius 2 is 2.07 bits per heavy atom. The highest BCUT2D eigenvalue weighted by Gasteiger charge is 2.06. The Bertz CT molecular complexity index is 431. The van der Waals surface area contributed by atoms with Crippen LogP contribution in [-0.4, -0.2) is 7.11 Å². The molecule has 1 aromatic carbocycles. The fraction of sp³-hybridized carbons (Fsp3) is 0.167. The molecule has 0 fully saturated rings. The molecule has 0 atom stereocenters. The smallest absolute Gasteiger partial charge is 0.137 e. The molecule has 72 valence electrons. The predicted molar refractivity (Wildman–Crippen MR) is 61.0 cm³/mol. The lowest BCUT2D eigenvalue weighted by molar-refractivity contribution is 0.418. The number of benzene rings is 1. The molecule has 0 unspecified atom stereocenters. The normalized spacial score (nSPS) is 10.1. The van der Waals surface area contributed by atoms with Gasteiger partial charge in [0.15, 0.2) is 0 Å². The van der Waals surface area contributed by atoms with Crippen molar-refractivity contribution in [3.63, 3.8) is 0 Å². The number of ether oxygens (including phenoxy) is 1. The Hall–Kier alpha value is -1.28. The number of hydrogen-bond donors (Lipinski definition) is 0. The molecule has 2 heteroatoms. The van der Waals surface area contributed by atoms with Crippen LogP contribution in [-0.2, 0) is 0 Å².